The van der Waals surface area contributed by atoms with Crippen LogP contribution in [0.3, 0.4) is 0 Å². The molecule has 22 heavy (non-hydrogen) atoms. The lowest BCUT2D eigenvalue weighted by Crippen LogP contribution is -2.02. The second-order valence-corrected chi connectivity index (χ2v) is 5.16. The van der Waals surface area contributed by atoms with Crippen LogP contribution in [0.25, 0.3) is 22.4 Å². The first kappa shape index (κ1) is 14.1. The van der Waals surface area contributed by atoms with Gasteiger partial charge in [0, 0.05) is 27.8 Å². The van der Waals surface area contributed by atoms with E-state index in [0.29, 0.717) is 16.3 Å². The molecule has 0 amide bonds. The van der Waals surface area contributed by atoms with E-state index in [1.165, 1.54) is 0 Å². The molecule has 0 saturated carbocycles. The highest BCUT2D eigenvalue weighted by molar-refractivity contribution is 6.30. The third-order valence-corrected chi connectivity index (χ3v) is 3.57. The first-order valence-corrected chi connectivity index (χ1v) is 7.00. The molecule has 1 aromatic carbocycles. The maximum Gasteiger partial charge on any atom is 0.174 e. The van der Waals surface area contributed by atoms with E-state index in [4.69, 9.17) is 17.3 Å². The average Bonchev–Trinajstić information content (AvgIpc) is 2.55. The molecule has 0 bridgehead atoms. The Kier molecular flexibility index (Phi) is 3.73. The molecular weight excluding hydrogens is 296 g/mol. The normalized spacial score (nSPS) is 10.2. The number of aromatic amines is 1. The molecule has 0 aliphatic rings. The molecule has 0 unspecified atom stereocenters. The van der Waals surface area contributed by atoms with Crippen molar-refractivity contribution in [3.63, 3.8) is 0 Å². The predicted octanol–water partition coefficient (Wildman–Crippen LogP) is 3.34. The number of anilines is 1. The summed E-state index contributed by atoms with van der Waals surface area (Å²) in [6.45, 7) is 0. The lowest BCUT2D eigenvalue weighted by Gasteiger charge is -2.09. The number of H-pyrrole nitrogens is 1. The number of aromatic nitrogens is 2. The van der Waals surface area contributed by atoms with Gasteiger partial charge in [0.1, 0.15) is 17.5 Å². The second-order valence-electron chi connectivity index (χ2n) is 4.73. The maximum absolute atomic E-state index is 9.36. The van der Waals surface area contributed by atoms with Crippen LogP contribution in [0.2, 0.25) is 5.02 Å². The molecule has 3 aromatic rings. The highest BCUT2D eigenvalue weighted by Gasteiger charge is 2.14. The van der Waals surface area contributed by atoms with E-state index < -0.39 is 0 Å². The quantitative estimate of drug-likeness (QED) is 0.788. The highest BCUT2D eigenvalue weighted by Crippen LogP contribution is 2.30. The molecule has 0 aliphatic heterocycles. The van der Waals surface area contributed by atoms with E-state index in [9.17, 15) is 5.26 Å². The smallest absolute Gasteiger partial charge is 0.174 e. The Morgan fingerprint density at radius 2 is 1.91 bits per heavy atom. The minimum absolute atomic E-state index is 0.216. The van der Waals surface area contributed by atoms with Crippen LogP contribution in [0.4, 0.5) is 5.82 Å². The van der Waals surface area contributed by atoms with Gasteiger partial charge in [0.2, 0.25) is 0 Å². The van der Waals surface area contributed by atoms with Crippen molar-refractivity contribution in [1.82, 2.24) is 4.98 Å². The van der Waals surface area contributed by atoms with Crippen molar-refractivity contribution in [3.8, 4) is 28.5 Å². The van der Waals surface area contributed by atoms with E-state index in [0.717, 1.165) is 16.7 Å². The van der Waals surface area contributed by atoms with Crippen LogP contribution in [0.5, 0.6) is 0 Å². The third kappa shape index (κ3) is 2.62. The van der Waals surface area contributed by atoms with Crippen molar-refractivity contribution in [2.24, 2.45) is 0 Å². The fraction of sp³-hybridized carbons (Fsp3) is 0. The van der Waals surface area contributed by atoms with Gasteiger partial charge in [-0.15, -0.1) is 0 Å². The van der Waals surface area contributed by atoms with Crippen molar-refractivity contribution in [1.29, 1.82) is 5.26 Å². The molecule has 2 aromatic heterocycles. The first-order chi connectivity index (χ1) is 10.7. The van der Waals surface area contributed by atoms with E-state index in [-0.39, 0.29) is 5.82 Å². The molecule has 0 fully saturated rings. The van der Waals surface area contributed by atoms with E-state index >= 15 is 0 Å². The summed E-state index contributed by atoms with van der Waals surface area (Å²) in [5.74, 6) is 0.216. The zero-order valence-electron chi connectivity index (χ0n) is 11.5. The minimum Gasteiger partial charge on any atom is -0.383 e. The average molecular weight is 308 g/mol. The highest BCUT2D eigenvalue weighted by atomic mass is 35.5. The van der Waals surface area contributed by atoms with Crippen molar-refractivity contribution in [2.75, 3.05) is 5.73 Å². The Hall–Kier alpha value is -2.90. The van der Waals surface area contributed by atoms with Gasteiger partial charge in [0.15, 0.2) is 12.4 Å². The lowest BCUT2D eigenvalue weighted by atomic mass is 10.00. The summed E-state index contributed by atoms with van der Waals surface area (Å²) < 4.78 is 0. The van der Waals surface area contributed by atoms with Gasteiger partial charge in [-0.2, -0.15) is 5.26 Å². The summed E-state index contributed by atoms with van der Waals surface area (Å²) in [6, 6.07) is 15.1. The number of nitrogen functional groups attached to an aromatic ring is 1. The molecule has 4 nitrogen and oxygen atoms in total. The summed E-state index contributed by atoms with van der Waals surface area (Å²) in [6.07, 6.45) is 3.63. The molecule has 2 heterocycles. The van der Waals surface area contributed by atoms with Crippen LogP contribution in [-0.2, 0) is 0 Å². The van der Waals surface area contributed by atoms with Gasteiger partial charge < -0.3 is 5.73 Å². The van der Waals surface area contributed by atoms with Crippen LogP contribution in [0, 0.1) is 11.3 Å². The van der Waals surface area contributed by atoms with Crippen molar-refractivity contribution >= 4 is 17.4 Å². The van der Waals surface area contributed by atoms with Gasteiger partial charge in [0.05, 0.1) is 5.69 Å². The summed E-state index contributed by atoms with van der Waals surface area (Å²) >= 11 is 5.91. The third-order valence-electron chi connectivity index (χ3n) is 3.32. The molecule has 0 radical (unpaired) electrons. The number of hydrogen-bond acceptors (Lipinski definition) is 3. The summed E-state index contributed by atoms with van der Waals surface area (Å²) in [5.41, 5.74) is 9.56. The van der Waals surface area contributed by atoms with Crippen LogP contribution in [0.1, 0.15) is 5.56 Å². The Morgan fingerprint density at radius 3 is 2.55 bits per heavy atom. The molecular formula is C17H12ClN4+. The van der Waals surface area contributed by atoms with Crippen molar-refractivity contribution < 1.29 is 4.98 Å². The Bertz CT molecular complexity index is 852. The van der Waals surface area contributed by atoms with Gasteiger partial charge in [-0.1, -0.05) is 23.7 Å². The van der Waals surface area contributed by atoms with Crippen molar-refractivity contribution in [3.05, 3.63) is 65.4 Å². The van der Waals surface area contributed by atoms with Crippen LogP contribution in [0.15, 0.2) is 54.9 Å². The summed E-state index contributed by atoms with van der Waals surface area (Å²) in [4.78, 5) is 7.34. The van der Waals surface area contributed by atoms with Gasteiger partial charge in [-0.25, -0.2) is 9.97 Å². The largest absolute Gasteiger partial charge is 0.383 e. The predicted molar refractivity (Wildman–Crippen MR) is 85.8 cm³/mol. The number of nitrogens with zero attached hydrogens (tertiary/aromatic N) is 2. The molecule has 3 N–H and O–H groups in total. The number of halogens is 1. The van der Waals surface area contributed by atoms with E-state index in [1.807, 2.05) is 36.5 Å². The first-order valence-electron chi connectivity index (χ1n) is 6.62. The molecule has 0 atom stereocenters. The number of benzene rings is 1. The number of nitrogens with two attached hydrogens (primary N) is 1. The monoisotopic (exact) mass is 307 g/mol. The topological polar surface area (TPSA) is 76.8 Å². The number of nitriles is 1. The maximum atomic E-state index is 9.36. The van der Waals surface area contributed by atoms with Gasteiger partial charge >= 0.3 is 0 Å². The summed E-state index contributed by atoms with van der Waals surface area (Å²) in [7, 11) is 0. The van der Waals surface area contributed by atoms with E-state index in [2.05, 4.69) is 16.0 Å². The zero-order chi connectivity index (χ0) is 15.5. The molecule has 3 rings (SSSR count). The number of nitrogens with one attached hydrogen (secondary N) is 1. The summed E-state index contributed by atoms with van der Waals surface area (Å²) in [5, 5.41) is 10.0. The molecule has 0 spiro atoms. The fourth-order valence-corrected chi connectivity index (χ4v) is 2.37. The fourth-order valence-electron chi connectivity index (χ4n) is 2.24. The van der Waals surface area contributed by atoms with Crippen LogP contribution in [-0.4, -0.2) is 4.98 Å². The Labute approximate surface area is 132 Å². The van der Waals surface area contributed by atoms with Crippen LogP contribution >= 0.6 is 11.6 Å². The molecule has 0 aliphatic carbocycles. The van der Waals surface area contributed by atoms with E-state index in [1.54, 1.807) is 18.3 Å². The van der Waals surface area contributed by atoms with Gasteiger partial charge in [0.25, 0.3) is 0 Å². The zero-order valence-corrected chi connectivity index (χ0v) is 12.3. The molecule has 5 heteroatoms. The van der Waals surface area contributed by atoms with Gasteiger partial charge in [-0.3, -0.25) is 0 Å². The molecule has 106 valence electrons. The standard InChI is InChI=1S/C17H11ClN4/c18-13-5-3-11(4-6-13)16-8-14(12-2-1-7-21-10-12)15(9-19)17(20)22-16/h1-8,10H,(H2,20,22)/p+1. The number of rotatable bonds is 2. The second kappa shape index (κ2) is 5.84. The number of pyridine rings is 2. The Morgan fingerprint density at radius 1 is 1.14 bits per heavy atom. The molecule has 0 saturated heterocycles. The SMILES string of the molecule is N#Cc1c(-c2ccc[nH+]c2)cc(-c2ccc(Cl)cc2)nc1N. The minimum atomic E-state index is 0.216. The van der Waals surface area contributed by atoms with Crippen molar-refractivity contribution in [2.45, 2.75) is 0 Å². The van der Waals surface area contributed by atoms with Crippen LogP contribution < -0.4 is 10.7 Å². The number of hydrogen-bond donors (Lipinski definition) is 1. The lowest BCUT2D eigenvalue weighted by molar-refractivity contribution is -0.377. The van der Waals surface area contributed by atoms with Gasteiger partial charge in [-0.05, 0) is 24.3 Å². The Balaban J connectivity index is 2.21.